The van der Waals surface area contributed by atoms with Gasteiger partial charge in [0.05, 0.1) is 22.4 Å². The van der Waals surface area contributed by atoms with Crippen LogP contribution in [0.4, 0.5) is 5.82 Å². The number of nitrogens with one attached hydrogen (secondary N) is 1. The number of hydrogen-bond acceptors (Lipinski definition) is 5. The Hall–Kier alpha value is -4.69. The van der Waals surface area contributed by atoms with Crippen LogP contribution in [-0.4, -0.2) is 38.9 Å². The number of fused-ring (bicyclic) bond motifs is 1. The summed E-state index contributed by atoms with van der Waals surface area (Å²) in [7, 11) is 0. The van der Waals surface area contributed by atoms with Gasteiger partial charge in [0.1, 0.15) is 12.4 Å². The summed E-state index contributed by atoms with van der Waals surface area (Å²) in [6, 6.07) is 30.2. The number of rotatable bonds is 7. The Morgan fingerprint density at radius 3 is 2.50 bits per heavy atom. The quantitative estimate of drug-likeness (QED) is 0.257. The van der Waals surface area contributed by atoms with E-state index in [2.05, 4.69) is 35.4 Å². The van der Waals surface area contributed by atoms with E-state index in [0.29, 0.717) is 12.4 Å². The number of anilines is 1. The minimum atomic E-state index is -0.255. The molecule has 0 aliphatic carbocycles. The minimum Gasteiger partial charge on any atom is -0.350 e. The molecule has 8 heteroatoms. The summed E-state index contributed by atoms with van der Waals surface area (Å²) < 4.78 is 1.83. The molecule has 1 N–H and O–H groups in total. The van der Waals surface area contributed by atoms with Crippen LogP contribution in [0.3, 0.4) is 0 Å². The van der Waals surface area contributed by atoms with Crippen LogP contribution in [0, 0.1) is 13.8 Å². The molecule has 6 rings (SSSR count). The highest BCUT2D eigenvalue weighted by Crippen LogP contribution is 2.48. The fourth-order valence-electron chi connectivity index (χ4n) is 5.19. The Balaban J connectivity index is 1.52. The van der Waals surface area contributed by atoms with E-state index in [1.165, 1.54) is 0 Å². The van der Waals surface area contributed by atoms with Crippen molar-refractivity contribution in [1.82, 2.24) is 20.1 Å². The molecule has 3 heterocycles. The minimum absolute atomic E-state index is 0.126. The van der Waals surface area contributed by atoms with E-state index in [0.717, 1.165) is 44.8 Å². The molecule has 210 valence electrons. The van der Waals surface area contributed by atoms with Gasteiger partial charge < -0.3 is 5.32 Å². The third-order valence-corrected chi connectivity index (χ3v) is 8.53. The fraction of sp³-hybridized carbons (Fsp3) is 0.176. The Bertz CT molecular complexity index is 1720. The molecule has 2 aromatic heterocycles. The molecule has 5 aromatic rings. The number of amides is 2. The number of aryl methyl sites for hydroxylation is 2. The largest absolute Gasteiger partial charge is 0.350 e. The SMILES string of the molecule is Cc1ccc(-n2nc(-c3ccccc3)c3c2N(CC(=O)NCc2cccnc2)C(=O)CSC3c2cccc(C)c2)cc1. The first-order chi connectivity index (χ1) is 20.5. The van der Waals surface area contributed by atoms with E-state index in [-0.39, 0.29) is 29.4 Å². The standard InChI is InChI=1S/C34H31N5O2S/c1-23-13-15-28(16-14-23)39-34-31(32(37-39)26-10-4-3-5-11-26)33(27-12-6-8-24(2)18-27)42-22-30(41)38(34)21-29(40)36-20-25-9-7-17-35-19-25/h3-19,33H,20-22H2,1-2H3,(H,36,40). The summed E-state index contributed by atoms with van der Waals surface area (Å²) in [6.07, 6.45) is 3.42. The third kappa shape index (κ3) is 5.71. The second-order valence-electron chi connectivity index (χ2n) is 10.4. The number of carbonyl (C=O) groups is 2. The summed E-state index contributed by atoms with van der Waals surface area (Å²) in [5.41, 5.74) is 7.73. The van der Waals surface area contributed by atoms with Gasteiger partial charge in [0.25, 0.3) is 0 Å². The average molecular weight is 574 g/mol. The van der Waals surface area contributed by atoms with Gasteiger partial charge in [-0.15, -0.1) is 11.8 Å². The van der Waals surface area contributed by atoms with Gasteiger partial charge in [-0.05, 0) is 43.2 Å². The second-order valence-corrected chi connectivity index (χ2v) is 11.5. The maximum Gasteiger partial charge on any atom is 0.240 e. The topological polar surface area (TPSA) is 80.1 Å². The molecular weight excluding hydrogens is 542 g/mol. The normalized spacial score (nSPS) is 14.8. The predicted octanol–water partition coefficient (Wildman–Crippen LogP) is 6.04. The van der Waals surface area contributed by atoms with Gasteiger partial charge in [-0.3, -0.25) is 19.5 Å². The molecule has 0 fully saturated rings. The maximum absolute atomic E-state index is 13.9. The second kappa shape index (κ2) is 12.0. The highest BCUT2D eigenvalue weighted by Gasteiger charge is 2.37. The summed E-state index contributed by atoms with van der Waals surface area (Å²) in [5.74, 6) is 0.456. The molecule has 1 aliphatic rings. The van der Waals surface area contributed by atoms with Crippen LogP contribution < -0.4 is 10.2 Å². The zero-order chi connectivity index (χ0) is 29.1. The van der Waals surface area contributed by atoms with Crippen LogP contribution in [0.2, 0.25) is 0 Å². The van der Waals surface area contributed by atoms with E-state index < -0.39 is 0 Å². The van der Waals surface area contributed by atoms with Crippen LogP contribution in [-0.2, 0) is 16.1 Å². The van der Waals surface area contributed by atoms with Crippen molar-refractivity contribution in [2.45, 2.75) is 25.6 Å². The van der Waals surface area contributed by atoms with E-state index in [1.54, 1.807) is 29.1 Å². The van der Waals surface area contributed by atoms with Gasteiger partial charge >= 0.3 is 0 Å². The third-order valence-electron chi connectivity index (χ3n) is 7.27. The highest BCUT2D eigenvalue weighted by molar-refractivity contribution is 8.00. The summed E-state index contributed by atoms with van der Waals surface area (Å²) in [5, 5.41) is 7.96. The van der Waals surface area contributed by atoms with E-state index >= 15 is 0 Å². The molecule has 42 heavy (non-hydrogen) atoms. The first-order valence-electron chi connectivity index (χ1n) is 13.9. The van der Waals surface area contributed by atoms with Crippen LogP contribution in [0.5, 0.6) is 0 Å². The number of aromatic nitrogens is 3. The van der Waals surface area contributed by atoms with Gasteiger partial charge in [0.2, 0.25) is 11.8 Å². The number of hydrogen-bond donors (Lipinski definition) is 1. The first-order valence-corrected chi connectivity index (χ1v) is 14.9. The van der Waals surface area contributed by atoms with E-state index in [4.69, 9.17) is 5.10 Å². The van der Waals surface area contributed by atoms with Gasteiger partial charge in [-0.1, -0.05) is 83.9 Å². The van der Waals surface area contributed by atoms with Crippen molar-refractivity contribution >= 4 is 29.4 Å². The number of carbonyl (C=O) groups excluding carboxylic acids is 2. The highest BCUT2D eigenvalue weighted by atomic mass is 32.2. The molecule has 0 radical (unpaired) electrons. The summed E-state index contributed by atoms with van der Waals surface area (Å²) >= 11 is 1.57. The van der Waals surface area contributed by atoms with Gasteiger partial charge in [0.15, 0.2) is 0 Å². The zero-order valence-electron chi connectivity index (χ0n) is 23.5. The van der Waals surface area contributed by atoms with Crippen LogP contribution in [0.25, 0.3) is 16.9 Å². The predicted molar refractivity (Wildman–Crippen MR) is 168 cm³/mol. The molecule has 1 atom stereocenters. The summed E-state index contributed by atoms with van der Waals surface area (Å²) in [6.45, 7) is 4.31. The van der Waals surface area contributed by atoms with Crippen molar-refractivity contribution in [3.63, 3.8) is 0 Å². The monoisotopic (exact) mass is 573 g/mol. The van der Waals surface area contributed by atoms with Crippen LogP contribution in [0.15, 0.2) is 103 Å². The first kappa shape index (κ1) is 27.5. The molecule has 2 amide bonds. The molecule has 1 unspecified atom stereocenters. The van der Waals surface area contributed by atoms with Crippen molar-refractivity contribution < 1.29 is 9.59 Å². The van der Waals surface area contributed by atoms with Gasteiger partial charge in [-0.25, -0.2) is 4.68 Å². The lowest BCUT2D eigenvalue weighted by Crippen LogP contribution is -2.42. The maximum atomic E-state index is 13.9. The molecule has 0 bridgehead atoms. The van der Waals surface area contributed by atoms with Crippen molar-refractivity contribution in [2.24, 2.45) is 0 Å². The molecular formula is C34H31N5O2S. The molecule has 3 aromatic carbocycles. The Labute approximate surface area is 249 Å². The van der Waals surface area contributed by atoms with Crippen LogP contribution >= 0.6 is 11.8 Å². The molecule has 0 saturated heterocycles. The van der Waals surface area contributed by atoms with Crippen molar-refractivity contribution in [2.75, 3.05) is 17.2 Å². The zero-order valence-corrected chi connectivity index (χ0v) is 24.3. The summed E-state index contributed by atoms with van der Waals surface area (Å²) in [4.78, 5) is 33.0. The number of nitrogens with zero attached hydrogens (tertiary/aromatic N) is 4. The van der Waals surface area contributed by atoms with Crippen molar-refractivity contribution in [3.8, 4) is 16.9 Å². The van der Waals surface area contributed by atoms with E-state index in [9.17, 15) is 9.59 Å². The van der Waals surface area contributed by atoms with Gasteiger partial charge in [-0.2, -0.15) is 5.10 Å². The molecule has 7 nitrogen and oxygen atoms in total. The lowest BCUT2D eigenvalue weighted by molar-refractivity contribution is -0.123. The van der Waals surface area contributed by atoms with Crippen LogP contribution in [0.1, 0.15) is 33.1 Å². The fourth-order valence-corrected chi connectivity index (χ4v) is 6.38. The lowest BCUT2D eigenvalue weighted by atomic mass is 9.98. The Kier molecular flexibility index (Phi) is 7.88. The Morgan fingerprint density at radius 1 is 0.952 bits per heavy atom. The number of benzene rings is 3. The molecule has 0 saturated carbocycles. The molecule has 0 spiro atoms. The Morgan fingerprint density at radius 2 is 1.76 bits per heavy atom. The number of thioether (sulfide) groups is 1. The average Bonchev–Trinajstić information content (AvgIpc) is 3.33. The lowest BCUT2D eigenvalue weighted by Gasteiger charge is -2.23. The van der Waals surface area contributed by atoms with E-state index in [1.807, 2.05) is 84.4 Å². The van der Waals surface area contributed by atoms with Crippen molar-refractivity contribution in [1.29, 1.82) is 0 Å². The van der Waals surface area contributed by atoms with Crippen molar-refractivity contribution in [3.05, 3.63) is 131 Å². The van der Waals surface area contributed by atoms with Gasteiger partial charge in [0, 0.05) is 30.1 Å². The number of pyridine rings is 1. The smallest absolute Gasteiger partial charge is 0.240 e. The molecule has 1 aliphatic heterocycles.